The minimum absolute atomic E-state index is 0.0444. The maximum absolute atomic E-state index is 11.4. The van der Waals surface area contributed by atoms with Crippen LogP contribution in [-0.2, 0) is 17.6 Å². The third-order valence-electron chi connectivity index (χ3n) is 4.05. The molecule has 21 heavy (non-hydrogen) atoms. The highest BCUT2D eigenvalue weighted by atomic mass is 35.5. The van der Waals surface area contributed by atoms with Gasteiger partial charge in [-0.15, -0.1) is 11.6 Å². The van der Waals surface area contributed by atoms with Crippen LogP contribution < -0.4 is 10.1 Å². The van der Waals surface area contributed by atoms with E-state index in [0.717, 1.165) is 41.2 Å². The number of hydrogen-bond acceptors (Lipinski definition) is 2. The van der Waals surface area contributed by atoms with E-state index >= 15 is 0 Å². The third-order valence-corrected chi connectivity index (χ3v) is 4.56. The molecule has 0 aromatic heterocycles. The molecule has 2 aromatic carbocycles. The van der Waals surface area contributed by atoms with E-state index in [0.29, 0.717) is 6.42 Å². The average Bonchev–Trinajstić information content (AvgIpc) is 3.09. The SMILES string of the molecule is O=C1Cc2cc(C(Cl)c3ccc4c(c3)CCO4)ccc2N1. The number of fused-ring (bicyclic) bond motifs is 2. The van der Waals surface area contributed by atoms with Crippen LogP contribution in [0.1, 0.15) is 27.6 Å². The van der Waals surface area contributed by atoms with Crippen molar-refractivity contribution in [2.24, 2.45) is 0 Å². The third kappa shape index (κ3) is 2.18. The number of hydrogen-bond donors (Lipinski definition) is 1. The van der Waals surface area contributed by atoms with E-state index in [1.165, 1.54) is 5.56 Å². The summed E-state index contributed by atoms with van der Waals surface area (Å²) in [5.74, 6) is 1.01. The molecule has 0 spiro atoms. The van der Waals surface area contributed by atoms with Crippen molar-refractivity contribution in [1.29, 1.82) is 0 Å². The van der Waals surface area contributed by atoms with Gasteiger partial charge < -0.3 is 10.1 Å². The summed E-state index contributed by atoms with van der Waals surface area (Å²) in [6, 6.07) is 12.1. The molecule has 1 atom stereocenters. The van der Waals surface area contributed by atoms with E-state index in [2.05, 4.69) is 11.4 Å². The molecule has 0 radical (unpaired) electrons. The predicted octanol–water partition coefficient (Wildman–Crippen LogP) is 3.44. The molecule has 3 nitrogen and oxygen atoms in total. The van der Waals surface area contributed by atoms with E-state index in [4.69, 9.17) is 16.3 Å². The lowest BCUT2D eigenvalue weighted by atomic mass is 9.99. The lowest BCUT2D eigenvalue weighted by Gasteiger charge is -2.13. The summed E-state index contributed by atoms with van der Waals surface area (Å²) in [6.07, 6.45) is 1.38. The normalized spacial score (nSPS) is 16.9. The Morgan fingerprint density at radius 1 is 1.10 bits per heavy atom. The zero-order valence-corrected chi connectivity index (χ0v) is 12.1. The van der Waals surface area contributed by atoms with Gasteiger partial charge in [0.05, 0.1) is 18.4 Å². The summed E-state index contributed by atoms with van der Waals surface area (Å²) in [5.41, 5.74) is 5.22. The fourth-order valence-corrected chi connectivity index (χ4v) is 3.23. The number of alkyl halides is 1. The van der Waals surface area contributed by atoms with E-state index < -0.39 is 0 Å². The highest BCUT2D eigenvalue weighted by Crippen LogP contribution is 2.36. The second kappa shape index (κ2) is 4.78. The lowest BCUT2D eigenvalue weighted by Crippen LogP contribution is -2.03. The van der Waals surface area contributed by atoms with E-state index in [-0.39, 0.29) is 11.3 Å². The Morgan fingerprint density at radius 3 is 2.71 bits per heavy atom. The molecule has 2 aliphatic heterocycles. The Balaban J connectivity index is 1.67. The van der Waals surface area contributed by atoms with Crippen LogP contribution in [-0.4, -0.2) is 12.5 Å². The van der Waals surface area contributed by atoms with Crippen molar-refractivity contribution in [2.75, 3.05) is 11.9 Å². The summed E-state index contributed by atoms with van der Waals surface area (Å²) >= 11 is 6.63. The molecule has 2 aliphatic rings. The standard InChI is InChI=1S/C17H14ClNO2/c18-17(12-2-4-15-10(7-12)5-6-21-15)11-1-3-14-13(8-11)9-16(20)19-14/h1-4,7-8,17H,5-6,9H2,(H,19,20). The minimum Gasteiger partial charge on any atom is -0.493 e. The van der Waals surface area contributed by atoms with Gasteiger partial charge in [0.1, 0.15) is 5.75 Å². The van der Waals surface area contributed by atoms with Crippen LogP contribution >= 0.6 is 11.6 Å². The van der Waals surface area contributed by atoms with Gasteiger partial charge in [0, 0.05) is 12.1 Å². The van der Waals surface area contributed by atoms with Crippen LogP contribution in [0.15, 0.2) is 36.4 Å². The number of halogens is 1. The van der Waals surface area contributed by atoms with Gasteiger partial charge in [0.25, 0.3) is 0 Å². The summed E-state index contributed by atoms with van der Waals surface area (Å²) in [4.78, 5) is 11.4. The molecular weight excluding hydrogens is 286 g/mol. The Labute approximate surface area is 127 Å². The van der Waals surface area contributed by atoms with Crippen LogP contribution in [0.4, 0.5) is 5.69 Å². The number of ether oxygens (including phenoxy) is 1. The molecule has 0 aliphatic carbocycles. The topological polar surface area (TPSA) is 38.3 Å². The quantitative estimate of drug-likeness (QED) is 0.863. The molecular formula is C17H14ClNO2. The van der Waals surface area contributed by atoms with Gasteiger partial charge in [-0.1, -0.05) is 24.3 Å². The van der Waals surface area contributed by atoms with Crippen molar-refractivity contribution in [2.45, 2.75) is 18.2 Å². The highest BCUT2D eigenvalue weighted by molar-refractivity contribution is 6.22. The molecule has 1 unspecified atom stereocenters. The fraction of sp³-hybridized carbons (Fsp3) is 0.235. The number of rotatable bonds is 2. The largest absolute Gasteiger partial charge is 0.493 e. The molecule has 1 amide bonds. The minimum atomic E-state index is -0.211. The Hall–Kier alpha value is -2.00. The Morgan fingerprint density at radius 2 is 1.86 bits per heavy atom. The number of amides is 1. The number of benzene rings is 2. The van der Waals surface area contributed by atoms with Gasteiger partial charge in [0.2, 0.25) is 5.91 Å². The first-order valence-electron chi connectivity index (χ1n) is 7.03. The van der Waals surface area contributed by atoms with Crippen molar-refractivity contribution in [1.82, 2.24) is 0 Å². The van der Waals surface area contributed by atoms with E-state index in [1.54, 1.807) is 0 Å². The summed E-state index contributed by atoms with van der Waals surface area (Å²) in [5, 5.41) is 2.63. The summed E-state index contributed by atoms with van der Waals surface area (Å²) < 4.78 is 5.52. The second-order valence-corrected chi connectivity index (χ2v) is 5.91. The van der Waals surface area contributed by atoms with Gasteiger partial charge >= 0.3 is 0 Å². The molecule has 106 valence electrons. The Kier molecular flexibility index (Phi) is 2.89. The molecule has 0 fully saturated rings. The van der Waals surface area contributed by atoms with Gasteiger partial charge in [-0.05, 0) is 34.4 Å². The van der Waals surface area contributed by atoms with Crippen LogP contribution in [0, 0.1) is 0 Å². The number of anilines is 1. The maximum atomic E-state index is 11.4. The lowest BCUT2D eigenvalue weighted by molar-refractivity contribution is -0.115. The molecule has 2 heterocycles. The van der Waals surface area contributed by atoms with Gasteiger partial charge in [-0.3, -0.25) is 4.79 Å². The van der Waals surface area contributed by atoms with Gasteiger partial charge in [-0.25, -0.2) is 0 Å². The number of carbonyl (C=O) groups is 1. The number of carbonyl (C=O) groups excluding carboxylic acids is 1. The molecule has 4 heteroatoms. The highest BCUT2D eigenvalue weighted by Gasteiger charge is 2.21. The first-order valence-corrected chi connectivity index (χ1v) is 7.47. The van der Waals surface area contributed by atoms with Crippen molar-refractivity contribution in [3.05, 3.63) is 58.7 Å². The van der Waals surface area contributed by atoms with Crippen LogP contribution in [0.3, 0.4) is 0 Å². The Bertz CT molecular complexity index is 742. The predicted molar refractivity (Wildman–Crippen MR) is 82.1 cm³/mol. The summed E-state index contributed by atoms with van der Waals surface area (Å²) in [7, 11) is 0. The van der Waals surface area contributed by atoms with Crippen molar-refractivity contribution in [3.63, 3.8) is 0 Å². The van der Waals surface area contributed by atoms with Crippen LogP contribution in [0.5, 0.6) is 5.75 Å². The molecule has 0 saturated heterocycles. The number of nitrogens with one attached hydrogen (secondary N) is 1. The van der Waals surface area contributed by atoms with Crippen molar-refractivity contribution >= 4 is 23.2 Å². The fourth-order valence-electron chi connectivity index (χ4n) is 2.96. The second-order valence-electron chi connectivity index (χ2n) is 5.47. The van der Waals surface area contributed by atoms with Gasteiger partial charge in [0.15, 0.2) is 0 Å². The maximum Gasteiger partial charge on any atom is 0.228 e. The smallest absolute Gasteiger partial charge is 0.228 e. The monoisotopic (exact) mass is 299 g/mol. The molecule has 1 N–H and O–H groups in total. The van der Waals surface area contributed by atoms with Crippen molar-refractivity contribution < 1.29 is 9.53 Å². The summed E-state index contributed by atoms with van der Waals surface area (Å²) in [6.45, 7) is 0.748. The zero-order chi connectivity index (χ0) is 14.4. The molecule has 4 rings (SSSR count). The average molecular weight is 300 g/mol. The molecule has 0 bridgehead atoms. The molecule has 0 saturated carbocycles. The zero-order valence-electron chi connectivity index (χ0n) is 11.4. The first kappa shape index (κ1) is 12.7. The first-order chi connectivity index (χ1) is 10.2. The van der Waals surface area contributed by atoms with Crippen LogP contribution in [0.25, 0.3) is 0 Å². The molecule has 2 aromatic rings. The van der Waals surface area contributed by atoms with E-state index in [1.807, 2.05) is 30.3 Å². The van der Waals surface area contributed by atoms with E-state index in [9.17, 15) is 4.79 Å². The van der Waals surface area contributed by atoms with Gasteiger partial charge in [-0.2, -0.15) is 0 Å². The van der Waals surface area contributed by atoms with Crippen LogP contribution in [0.2, 0.25) is 0 Å². The van der Waals surface area contributed by atoms with Crippen molar-refractivity contribution in [3.8, 4) is 5.75 Å².